The van der Waals surface area contributed by atoms with Gasteiger partial charge in [-0.2, -0.15) is 5.10 Å². The van der Waals surface area contributed by atoms with Crippen LogP contribution in [0.1, 0.15) is 12.5 Å². The lowest BCUT2D eigenvalue weighted by atomic mass is 10.2. The number of nitrogens with zero attached hydrogens (tertiary/aromatic N) is 2. The summed E-state index contributed by atoms with van der Waals surface area (Å²) in [6.45, 7) is 2.22. The molecule has 5 nitrogen and oxygen atoms in total. The quantitative estimate of drug-likeness (QED) is 0.864. The average Bonchev–Trinajstić information content (AvgIpc) is 2.74. The number of hydrogen-bond acceptors (Lipinski definition) is 3. The summed E-state index contributed by atoms with van der Waals surface area (Å²) < 4.78 is 1.77. The van der Waals surface area contributed by atoms with E-state index in [1.807, 2.05) is 43.7 Å². The Kier molecular flexibility index (Phi) is 3.62. The topological polar surface area (TPSA) is 59.0 Å². The van der Waals surface area contributed by atoms with E-state index in [-0.39, 0.29) is 5.91 Å². The summed E-state index contributed by atoms with van der Waals surface area (Å²) >= 11 is 0. The minimum absolute atomic E-state index is 0.0638. The summed E-state index contributed by atoms with van der Waals surface area (Å²) in [5.41, 5.74) is 2.94. The van der Waals surface area contributed by atoms with E-state index in [9.17, 15) is 4.79 Å². The Labute approximate surface area is 106 Å². The van der Waals surface area contributed by atoms with Crippen LogP contribution in [0.15, 0.2) is 36.7 Å². The molecule has 1 aromatic heterocycles. The number of nitrogens with one attached hydrogen (secondary N) is 2. The number of carbonyl (C=O) groups excluding carboxylic acids is 1. The van der Waals surface area contributed by atoms with E-state index in [1.165, 1.54) is 6.92 Å². The fourth-order valence-electron chi connectivity index (χ4n) is 1.64. The molecular formula is C13H16N4O. The van der Waals surface area contributed by atoms with Crippen LogP contribution < -0.4 is 10.6 Å². The summed E-state index contributed by atoms with van der Waals surface area (Å²) in [7, 11) is 1.89. The molecule has 0 atom stereocenters. The molecule has 18 heavy (non-hydrogen) atoms. The van der Waals surface area contributed by atoms with Crippen molar-refractivity contribution in [1.82, 2.24) is 9.78 Å². The maximum atomic E-state index is 10.9. The Morgan fingerprint density at radius 2 is 1.94 bits per heavy atom. The zero-order valence-corrected chi connectivity index (χ0v) is 10.5. The second-order valence-electron chi connectivity index (χ2n) is 4.13. The van der Waals surface area contributed by atoms with Crippen LogP contribution in [0.3, 0.4) is 0 Å². The van der Waals surface area contributed by atoms with Crippen LogP contribution in [0.2, 0.25) is 0 Å². The highest BCUT2D eigenvalue weighted by Crippen LogP contribution is 2.14. The Morgan fingerprint density at radius 1 is 1.28 bits per heavy atom. The summed E-state index contributed by atoms with van der Waals surface area (Å²) in [4.78, 5) is 10.9. The highest BCUT2D eigenvalue weighted by Gasteiger charge is 1.98. The monoisotopic (exact) mass is 244 g/mol. The van der Waals surface area contributed by atoms with Gasteiger partial charge >= 0.3 is 0 Å². The number of aromatic nitrogens is 2. The number of carbonyl (C=O) groups is 1. The van der Waals surface area contributed by atoms with E-state index in [4.69, 9.17) is 0 Å². The molecule has 0 saturated carbocycles. The van der Waals surface area contributed by atoms with Crippen LogP contribution in [0.4, 0.5) is 11.4 Å². The highest BCUT2D eigenvalue weighted by molar-refractivity contribution is 5.88. The van der Waals surface area contributed by atoms with Crippen LogP contribution in [0.5, 0.6) is 0 Å². The van der Waals surface area contributed by atoms with Gasteiger partial charge in [-0.25, -0.2) is 0 Å². The largest absolute Gasteiger partial charge is 0.381 e. The van der Waals surface area contributed by atoms with Gasteiger partial charge in [-0.1, -0.05) is 0 Å². The molecule has 94 valence electrons. The molecule has 0 fully saturated rings. The second kappa shape index (κ2) is 5.35. The molecule has 0 bridgehead atoms. The van der Waals surface area contributed by atoms with Crippen molar-refractivity contribution in [2.45, 2.75) is 13.5 Å². The standard InChI is InChI=1S/C13H16N4O/c1-10(18)16-13-5-3-12(4-6-13)14-7-11-8-15-17(2)9-11/h3-6,8-9,14H,7H2,1-2H3,(H,16,18). The lowest BCUT2D eigenvalue weighted by Crippen LogP contribution is -2.05. The van der Waals surface area contributed by atoms with Crippen molar-refractivity contribution in [3.63, 3.8) is 0 Å². The van der Waals surface area contributed by atoms with Gasteiger partial charge in [0.2, 0.25) is 5.91 Å². The molecule has 0 spiro atoms. The highest BCUT2D eigenvalue weighted by atomic mass is 16.1. The van der Waals surface area contributed by atoms with Gasteiger partial charge in [0, 0.05) is 43.7 Å². The van der Waals surface area contributed by atoms with E-state index in [2.05, 4.69) is 15.7 Å². The first-order valence-corrected chi connectivity index (χ1v) is 5.72. The normalized spacial score (nSPS) is 10.1. The summed E-state index contributed by atoms with van der Waals surface area (Å²) in [5.74, 6) is -0.0638. The van der Waals surface area contributed by atoms with Crippen molar-refractivity contribution >= 4 is 17.3 Å². The summed E-state index contributed by atoms with van der Waals surface area (Å²) in [5, 5.41) is 10.1. The second-order valence-corrected chi connectivity index (χ2v) is 4.13. The van der Waals surface area contributed by atoms with Crippen molar-refractivity contribution < 1.29 is 4.79 Å². The Bertz CT molecular complexity index is 530. The lowest BCUT2D eigenvalue weighted by molar-refractivity contribution is -0.114. The molecule has 0 saturated heterocycles. The first-order valence-electron chi connectivity index (χ1n) is 5.72. The predicted octanol–water partition coefficient (Wildman–Crippen LogP) is 1.99. The fraction of sp³-hybridized carbons (Fsp3) is 0.231. The van der Waals surface area contributed by atoms with Crippen molar-refractivity contribution in [1.29, 1.82) is 0 Å². The molecule has 0 aliphatic carbocycles. The number of anilines is 2. The van der Waals surface area contributed by atoms with E-state index in [1.54, 1.807) is 4.68 Å². The zero-order chi connectivity index (χ0) is 13.0. The third kappa shape index (κ3) is 3.35. The zero-order valence-electron chi connectivity index (χ0n) is 10.5. The molecule has 0 aliphatic rings. The van der Waals surface area contributed by atoms with Crippen LogP contribution in [-0.4, -0.2) is 15.7 Å². The van der Waals surface area contributed by atoms with Gasteiger partial charge in [0.15, 0.2) is 0 Å². The predicted molar refractivity (Wildman–Crippen MR) is 71.3 cm³/mol. The summed E-state index contributed by atoms with van der Waals surface area (Å²) in [6.07, 6.45) is 3.80. The molecule has 0 aliphatic heterocycles. The van der Waals surface area contributed by atoms with Gasteiger partial charge in [0.05, 0.1) is 6.20 Å². The van der Waals surface area contributed by atoms with Crippen LogP contribution in [0, 0.1) is 0 Å². The molecule has 0 radical (unpaired) electrons. The van der Waals surface area contributed by atoms with Crippen LogP contribution in [0.25, 0.3) is 0 Å². The van der Waals surface area contributed by atoms with Crippen molar-refractivity contribution in [3.05, 3.63) is 42.2 Å². The Hall–Kier alpha value is -2.30. The molecular weight excluding hydrogens is 228 g/mol. The van der Waals surface area contributed by atoms with Gasteiger partial charge in [-0.05, 0) is 24.3 Å². The van der Waals surface area contributed by atoms with E-state index >= 15 is 0 Å². The maximum absolute atomic E-state index is 10.9. The van der Waals surface area contributed by atoms with Crippen molar-refractivity contribution in [2.24, 2.45) is 7.05 Å². The minimum atomic E-state index is -0.0638. The lowest BCUT2D eigenvalue weighted by Gasteiger charge is -2.06. The third-order valence-electron chi connectivity index (χ3n) is 2.46. The van der Waals surface area contributed by atoms with Gasteiger partial charge < -0.3 is 10.6 Å². The minimum Gasteiger partial charge on any atom is -0.381 e. The SMILES string of the molecule is CC(=O)Nc1ccc(NCc2cnn(C)c2)cc1. The molecule has 2 N–H and O–H groups in total. The number of amides is 1. The number of rotatable bonds is 4. The van der Waals surface area contributed by atoms with Gasteiger partial charge in [-0.3, -0.25) is 9.48 Å². The average molecular weight is 244 g/mol. The number of aryl methyl sites for hydroxylation is 1. The Balaban J connectivity index is 1.92. The Morgan fingerprint density at radius 3 is 2.50 bits per heavy atom. The molecule has 0 unspecified atom stereocenters. The van der Waals surface area contributed by atoms with Gasteiger partial charge in [0.25, 0.3) is 0 Å². The van der Waals surface area contributed by atoms with E-state index < -0.39 is 0 Å². The first-order chi connectivity index (χ1) is 8.63. The van der Waals surface area contributed by atoms with E-state index in [0.717, 1.165) is 23.5 Å². The first kappa shape index (κ1) is 12.2. The number of hydrogen-bond donors (Lipinski definition) is 2. The molecule has 1 aromatic carbocycles. The summed E-state index contributed by atoms with van der Waals surface area (Å²) in [6, 6.07) is 7.60. The third-order valence-corrected chi connectivity index (χ3v) is 2.46. The fourth-order valence-corrected chi connectivity index (χ4v) is 1.64. The maximum Gasteiger partial charge on any atom is 0.221 e. The molecule has 5 heteroatoms. The van der Waals surface area contributed by atoms with Crippen molar-refractivity contribution in [2.75, 3.05) is 10.6 Å². The smallest absolute Gasteiger partial charge is 0.221 e. The molecule has 2 aromatic rings. The van der Waals surface area contributed by atoms with Crippen molar-refractivity contribution in [3.8, 4) is 0 Å². The molecule has 2 rings (SSSR count). The number of benzene rings is 1. The van der Waals surface area contributed by atoms with Crippen LogP contribution in [-0.2, 0) is 18.4 Å². The van der Waals surface area contributed by atoms with Crippen LogP contribution >= 0.6 is 0 Å². The molecule has 1 heterocycles. The molecule has 1 amide bonds. The van der Waals surface area contributed by atoms with Gasteiger partial charge in [0.1, 0.15) is 0 Å². The van der Waals surface area contributed by atoms with Gasteiger partial charge in [-0.15, -0.1) is 0 Å². The van der Waals surface area contributed by atoms with E-state index in [0.29, 0.717) is 0 Å².